The Bertz CT molecular complexity index is 1140. The van der Waals surface area contributed by atoms with Crippen molar-refractivity contribution in [3.8, 4) is 0 Å². The van der Waals surface area contributed by atoms with Crippen LogP contribution in [0.15, 0.2) is 47.4 Å². The largest absolute Gasteiger partial charge is 0.379 e. The van der Waals surface area contributed by atoms with Crippen molar-refractivity contribution in [1.82, 2.24) is 9.29 Å². The van der Waals surface area contributed by atoms with Crippen LogP contribution in [0.3, 0.4) is 0 Å². The molecule has 11 heteroatoms. The molecule has 3 aromatic rings. The number of fused-ring (bicyclic) bond motifs is 1. The Balaban J connectivity index is 1.44. The summed E-state index contributed by atoms with van der Waals surface area (Å²) in [6.45, 7) is 2.00. The van der Waals surface area contributed by atoms with Gasteiger partial charge >= 0.3 is 0 Å². The highest BCUT2D eigenvalue weighted by Gasteiger charge is 2.26. The number of rotatable bonds is 6. The average molecular weight is 434 g/mol. The molecule has 0 saturated carbocycles. The molecule has 0 atom stereocenters. The predicted molar refractivity (Wildman–Crippen MR) is 110 cm³/mol. The van der Waals surface area contributed by atoms with E-state index in [9.17, 15) is 18.5 Å². The molecule has 1 N–H and O–H groups in total. The number of thiazole rings is 1. The zero-order valence-corrected chi connectivity index (χ0v) is 16.9. The minimum Gasteiger partial charge on any atom is -0.379 e. The lowest BCUT2D eigenvalue weighted by Crippen LogP contribution is -2.40. The fourth-order valence-corrected chi connectivity index (χ4v) is 5.30. The van der Waals surface area contributed by atoms with Crippen LogP contribution in [0, 0.1) is 10.1 Å². The highest BCUT2D eigenvalue weighted by atomic mass is 32.2. The average Bonchev–Trinajstić information content (AvgIpc) is 3.15. The van der Waals surface area contributed by atoms with Crippen molar-refractivity contribution in [2.24, 2.45) is 0 Å². The summed E-state index contributed by atoms with van der Waals surface area (Å²) in [5, 5.41) is 14.7. The molecule has 9 nitrogen and oxygen atoms in total. The van der Waals surface area contributed by atoms with Crippen molar-refractivity contribution >= 4 is 42.4 Å². The number of nitro benzene ring substituents is 1. The van der Waals surface area contributed by atoms with Gasteiger partial charge in [0.05, 0.1) is 33.2 Å². The van der Waals surface area contributed by atoms with Gasteiger partial charge in [0.2, 0.25) is 10.0 Å². The van der Waals surface area contributed by atoms with Crippen molar-refractivity contribution in [1.29, 1.82) is 0 Å². The SMILES string of the molecule is O=[N+]([O-])c1ccc2nc(NCc3ccc(S(=O)(=O)N4CCOCC4)cc3)sc2c1. The van der Waals surface area contributed by atoms with Crippen LogP contribution in [0.4, 0.5) is 10.8 Å². The minimum absolute atomic E-state index is 0.0322. The van der Waals surface area contributed by atoms with E-state index in [0.29, 0.717) is 43.5 Å². The molecular weight excluding hydrogens is 416 g/mol. The van der Waals surface area contributed by atoms with Crippen molar-refractivity contribution in [2.45, 2.75) is 11.4 Å². The monoisotopic (exact) mass is 434 g/mol. The number of aromatic nitrogens is 1. The molecule has 1 aromatic heterocycles. The molecule has 0 aliphatic carbocycles. The number of ether oxygens (including phenoxy) is 1. The smallest absolute Gasteiger partial charge is 0.270 e. The van der Waals surface area contributed by atoms with Gasteiger partial charge in [0.15, 0.2) is 5.13 Å². The third kappa shape index (κ3) is 4.22. The fraction of sp³-hybridized carbons (Fsp3) is 0.278. The quantitative estimate of drug-likeness (QED) is 0.469. The van der Waals surface area contributed by atoms with Gasteiger partial charge in [0.25, 0.3) is 5.69 Å². The third-order valence-electron chi connectivity index (χ3n) is 4.56. The summed E-state index contributed by atoms with van der Waals surface area (Å²) in [5.74, 6) is 0. The summed E-state index contributed by atoms with van der Waals surface area (Å²) in [5.41, 5.74) is 1.62. The van der Waals surface area contributed by atoms with E-state index in [1.807, 2.05) is 0 Å². The molecule has 4 rings (SSSR count). The van der Waals surface area contributed by atoms with Gasteiger partial charge in [-0.3, -0.25) is 10.1 Å². The van der Waals surface area contributed by atoms with Crippen molar-refractivity contribution in [3.63, 3.8) is 0 Å². The van der Waals surface area contributed by atoms with Crippen molar-refractivity contribution in [2.75, 3.05) is 31.6 Å². The van der Waals surface area contributed by atoms with Gasteiger partial charge < -0.3 is 10.1 Å². The molecule has 0 amide bonds. The zero-order valence-electron chi connectivity index (χ0n) is 15.3. The number of sulfonamides is 1. The van der Waals surface area contributed by atoms with Crippen LogP contribution in [-0.2, 0) is 21.3 Å². The second-order valence-electron chi connectivity index (χ2n) is 6.44. The zero-order chi connectivity index (χ0) is 20.4. The summed E-state index contributed by atoms with van der Waals surface area (Å²) in [7, 11) is -3.51. The number of nitrogens with zero attached hydrogens (tertiary/aromatic N) is 3. The Labute approximate surface area is 171 Å². The standard InChI is InChI=1S/C18H18N4O5S2/c23-22(24)14-3-6-16-17(11-14)28-18(20-16)19-12-13-1-4-15(5-2-13)29(25,26)21-7-9-27-10-8-21/h1-6,11H,7-10,12H2,(H,19,20). The Morgan fingerprint density at radius 1 is 1.17 bits per heavy atom. The van der Waals surface area contributed by atoms with E-state index in [-0.39, 0.29) is 10.6 Å². The maximum Gasteiger partial charge on any atom is 0.270 e. The number of nitrogens with one attached hydrogen (secondary N) is 1. The van der Waals surface area contributed by atoms with Crippen molar-refractivity contribution < 1.29 is 18.1 Å². The highest BCUT2D eigenvalue weighted by molar-refractivity contribution is 7.89. The van der Waals surface area contributed by atoms with Crippen LogP contribution in [-0.4, -0.2) is 48.9 Å². The van der Waals surface area contributed by atoms with E-state index in [1.165, 1.54) is 27.8 Å². The lowest BCUT2D eigenvalue weighted by Gasteiger charge is -2.26. The molecule has 2 heterocycles. The molecule has 1 aliphatic rings. The summed E-state index contributed by atoms with van der Waals surface area (Å²) < 4.78 is 32.7. The molecule has 1 fully saturated rings. The first kappa shape index (κ1) is 19.7. The lowest BCUT2D eigenvalue weighted by atomic mass is 10.2. The van der Waals surface area contributed by atoms with Crippen LogP contribution in [0.2, 0.25) is 0 Å². The van der Waals surface area contributed by atoms with Gasteiger partial charge in [-0.2, -0.15) is 4.31 Å². The number of benzene rings is 2. The summed E-state index contributed by atoms with van der Waals surface area (Å²) in [6, 6.07) is 11.3. The highest BCUT2D eigenvalue weighted by Crippen LogP contribution is 2.29. The summed E-state index contributed by atoms with van der Waals surface area (Å²) >= 11 is 1.33. The first-order valence-corrected chi connectivity index (χ1v) is 11.1. The van der Waals surface area contributed by atoms with Gasteiger partial charge in [-0.1, -0.05) is 23.5 Å². The molecule has 0 radical (unpaired) electrons. The molecule has 2 aromatic carbocycles. The van der Waals surface area contributed by atoms with Gasteiger partial charge in [0.1, 0.15) is 0 Å². The Hall–Kier alpha value is -2.60. The third-order valence-corrected chi connectivity index (χ3v) is 7.45. The van der Waals surface area contributed by atoms with Gasteiger partial charge in [-0.25, -0.2) is 13.4 Å². The number of anilines is 1. The Morgan fingerprint density at radius 3 is 2.59 bits per heavy atom. The summed E-state index contributed by atoms with van der Waals surface area (Å²) in [4.78, 5) is 15.1. The van der Waals surface area contributed by atoms with E-state index >= 15 is 0 Å². The molecular formula is C18H18N4O5S2. The maximum absolute atomic E-state index is 12.7. The fourth-order valence-electron chi connectivity index (χ4n) is 3.00. The summed E-state index contributed by atoms with van der Waals surface area (Å²) in [6.07, 6.45) is 0. The Kier molecular flexibility index (Phi) is 5.46. The molecule has 0 unspecified atom stereocenters. The predicted octanol–water partition coefficient (Wildman–Crippen LogP) is 2.84. The van der Waals surface area contributed by atoms with Gasteiger partial charge in [0, 0.05) is 31.8 Å². The van der Waals surface area contributed by atoms with E-state index in [0.717, 1.165) is 10.3 Å². The second-order valence-corrected chi connectivity index (χ2v) is 9.41. The van der Waals surface area contributed by atoms with E-state index in [2.05, 4.69) is 10.3 Å². The molecule has 1 saturated heterocycles. The van der Waals surface area contributed by atoms with Crippen molar-refractivity contribution in [3.05, 3.63) is 58.1 Å². The number of nitro groups is 1. The first-order chi connectivity index (χ1) is 13.9. The van der Waals surface area contributed by atoms with Crippen LogP contribution >= 0.6 is 11.3 Å². The second kappa shape index (κ2) is 8.03. The minimum atomic E-state index is -3.51. The maximum atomic E-state index is 12.7. The van der Waals surface area contributed by atoms with Crippen LogP contribution in [0.1, 0.15) is 5.56 Å². The molecule has 0 spiro atoms. The van der Waals surface area contributed by atoms with Crippen LogP contribution in [0.5, 0.6) is 0 Å². The lowest BCUT2D eigenvalue weighted by molar-refractivity contribution is -0.384. The molecule has 0 bridgehead atoms. The van der Waals surface area contributed by atoms with Gasteiger partial charge in [-0.15, -0.1) is 0 Å². The Morgan fingerprint density at radius 2 is 1.90 bits per heavy atom. The number of morpholine rings is 1. The van der Waals surface area contributed by atoms with Crippen LogP contribution < -0.4 is 5.32 Å². The first-order valence-electron chi connectivity index (χ1n) is 8.89. The molecule has 152 valence electrons. The van der Waals surface area contributed by atoms with Crippen LogP contribution in [0.25, 0.3) is 10.2 Å². The topological polar surface area (TPSA) is 115 Å². The molecule has 29 heavy (non-hydrogen) atoms. The van der Waals surface area contributed by atoms with E-state index < -0.39 is 14.9 Å². The van der Waals surface area contributed by atoms with E-state index in [4.69, 9.17) is 4.74 Å². The number of hydrogen-bond donors (Lipinski definition) is 1. The normalized spacial score (nSPS) is 15.4. The van der Waals surface area contributed by atoms with E-state index in [1.54, 1.807) is 30.3 Å². The van der Waals surface area contributed by atoms with Gasteiger partial charge in [-0.05, 0) is 23.8 Å². The number of hydrogen-bond acceptors (Lipinski definition) is 8. The molecule has 1 aliphatic heterocycles. The number of non-ortho nitro benzene ring substituents is 1.